The zero-order valence-electron chi connectivity index (χ0n) is 20.6. The molecule has 0 spiro atoms. The van der Waals surface area contributed by atoms with E-state index in [0.717, 1.165) is 11.3 Å². The third-order valence-electron chi connectivity index (χ3n) is 6.28. The van der Waals surface area contributed by atoms with E-state index in [4.69, 9.17) is 18.9 Å². The second-order valence-electron chi connectivity index (χ2n) is 8.42. The molecule has 1 aromatic carbocycles. The van der Waals surface area contributed by atoms with Crippen LogP contribution in [0.1, 0.15) is 29.0 Å². The predicted molar refractivity (Wildman–Crippen MR) is 130 cm³/mol. The molecular formula is C25H30N4O6. The molecule has 0 radical (unpaired) electrons. The minimum absolute atomic E-state index is 0.0536. The fourth-order valence-electron chi connectivity index (χ4n) is 4.15. The van der Waals surface area contributed by atoms with Crippen LogP contribution in [-0.4, -0.2) is 66.1 Å². The Morgan fingerprint density at radius 3 is 2.23 bits per heavy atom. The van der Waals surface area contributed by atoms with Crippen LogP contribution in [-0.2, 0) is 7.05 Å². The van der Waals surface area contributed by atoms with Crippen molar-refractivity contribution in [3.63, 3.8) is 0 Å². The lowest BCUT2D eigenvalue weighted by molar-refractivity contribution is 0.0589. The van der Waals surface area contributed by atoms with Gasteiger partial charge in [0.25, 0.3) is 11.5 Å². The number of carbonyl (C=O) groups excluding carboxylic acids is 1. The van der Waals surface area contributed by atoms with Crippen molar-refractivity contribution in [1.29, 1.82) is 0 Å². The molecule has 1 amide bonds. The maximum atomic E-state index is 13.1. The lowest BCUT2D eigenvalue weighted by Crippen LogP contribution is -2.42. The summed E-state index contributed by atoms with van der Waals surface area (Å²) in [5.74, 6) is 1.94. The van der Waals surface area contributed by atoms with E-state index in [-0.39, 0.29) is 17.6 Å². The van der Waals surface area contributed by atoms with Gasteiger partial charge in [-0.2, -0.15) is 5.10 Å². The number of hydrogen-bond acceptors (Lipinski definition) is 7. The first-order valence-electron chi connectivity index (χ1n) is 11.3. The molecule has 1 aliphatic rings. The number of benzene rings is 1. The quantitative estimate of drug-likeness (QED) is 0.552. The van der Waals surface area contributed by atoms with Gasteiger partial charge < -0.3 is 28.4 Å². The molecule has 4 rings (SSSR count). The van der Waals surface area contributed by atoms with Crippen LogP contribution in [0.25, 0.3) is 11.3 Å². The van der Waals surface area contributed by atoms with Gasteiger partial charge in [0.1, 0.15) is 17.5 Å². The smallest absolute Gasteiger partial charge is 0.271 e. The van der Waals surface area contributed by atoms with Crippen molar-refractivity contribution in [1.82, 2.24) is 19.7 Å². The molecule has 0 unspecified atom stereocenters. The molecule has 10 heteroatoms. The summed E-state index contributed by atoms with van der Waals surface area (Å²) >= 11 is 0. The summed E-state index contributed by atoms with van der Waals surface area (Å²) in [6.45, 7) is 2.96. The molecule has 1 fully saturated rings. The van der Waals surface area contributed by atoms with E-state index in [1.807, 2.05) is 13.0 Å². The third-order valence-corrected chi connectivity index (χ3v) is 6.28. The van der Waals surface area contributed by atoms with Crippen LogP contribution in [0.2, 0.25) is 0 Å². The highest BCUT2D eigenvalue weighted by Crippen LogP contribution is 2.40. The van der Waals surface area contributed by atoms with Gasteiger partial charge in [-0.25, -0.2) is 0 Å². The molecule has 10 nitrogen and oxygen atoms in total. The summed E-state index contributed by atoms with van der Waals surface area (Å²) in [6, 6.07) is 8.64. The SMILES string of the molecule is COc1cc(-c2cc(C(=O)N3CCC(Oc4cc(C)n(C)c(=O)c4)CC3)[nH]n2)cc(OC)c1OC. The number of hydrogen-bond donors (Lipinski definition) is 1. The minimum atomic E-state index is -0.126. The van der Waals surface area contributed by atoms with E-state index in [9.17, 15) is 9.59 Å². The zero-order chi connectivity index (χ0) is 25.1. The van der Waals surface area contributed by atoms with E-state index < -0.39 is 0 Å². The van der Waals surface area contributed by atoms with Crippen LogP contribution in [0.3, 0.4) is 0 Å². The lowest BCUT2D eigenvalue weighted by Gasteiger charge is -2.32. The van der Waals surface area contributed by atoms with Crippen LogP contribution in [0.4, 0.5) is 0 Å². The van der Waals surface area contributed by atoms with Gasteiger partial charge in [0, 0.05) is 50.3 Å². The normalized spacial score (nSPS) is 14.0. The molecule has 0 bridgehead atoms. The number of likely N-dealkylation sites (tertiary alicyclic amines) is 1. The number of ether oxygens (including phenoxy) is 4. The summed E-state index contributed by atoms with van der Waals surface area (Å²) in [5.41, 5.74) is 2.45. The Morgan fingerprint density at radius 2 is 1.66 bits per heavy atom. The van der Waals surface area contributed by atoms with Crippen molar-refractivity contribution in [3.05, 3.63) is 52.1 Å². The first-order chi connectivity index (χ1) is 16.8. The van der Waals surface area contributed by atoms with Crippen molar-refractivity contribution in [3.8, 4) is 34.3 Å². The molecule has 3 heterocycles. The topological polar surface area (TPSA) is 108 Å². The maximum absolute atomic E-state index is 13.1. The lowest BCUT2D eigenvalue weighted by atomic mass is 10.1. The molecule has 0 saturated carbocycles. The Kier molecular flexibility index (Phi) is 6.99. The summed E-state index contributed by atoms with van der Waals surface area (Å²) in [5, 5.41) is 7.17. The van der Waals surface area contributed by atoms with Crippen LogP contribution >= 0.6 is 0 Å². The Balaban J connectivity index is 1.42. The zero-order valence-corrected chi connectivity index (χ0v) is 20.6. The third kappa shape index (κ3) is 4.96. The van der Waals surface area contributed by atoms with Crippen LogP contribution in [0, 0.1) is 6.92 Å². The Bertz CT molecular complexity index is 1250. The number of H-pyrrole nitrogens is 1. The highest BCUT2D eigenvalue weighted by Gasteiger charge is 2.26. The van der Waals surface area contributed by atoms with Crippen LogP contribution in [0.5, 0.6) is 23.0 Å². The highest BCUT2D eigenvalue weighted by molar-refractivity contribution is 5.93. The van der Waals surface area contributed by atoms with Gasteiger partial charge in [0.15, 0.2) is 11.5 Å². The average molecular weight is 483 g/mol. The van der Waals surface area contributed by atoms with E-state index in [1.165, 1.54) is 6.07 Å². The van der Waals surface area contributed by atoms with Gasteiger partial charge in [0.05, 0.1) is 27.0 Å². The number of rotatable bonds is 7. The van der Waals surface area contributed by atoms with Crippen molar-refractivity contribution in [2.45, 2.75) is 25.9 Å². The Labute approximate surface area is 203 Å². The first-order valence-corrected chi connectivity index (χ1v) is 11.3. The van der Waals surface area contributed by atoms with E-state index in [1.54, 1.807) is 56.0 Å². The number of aromatic nitrogens is 3. The van der Waals surface area contributed by atoms with Gasteiger partial charge in [-0.15, -0.1) is 0 Å². The predicted octanol–water partition coefficient (Wildman–Crippen LogP) is 2.79. The van der Waals surface area contributed by atoms with Gasteiger partial charge in [0.2, 0.25) is 5.75 Å². The van der Waals surface area contributed by atoms with Crippen molar-refractivity contribution >= 4 is 5.91 Å². The summed E-state index contributed by atoms with van der Waals surface area (Å²) in [7, 11) is 6.37. The van der Waals surface area contributed by atoms with Gasteiger partial charge >= 0.3 is 0 Å². The van der Waals surface area contributed by atoms with E-state index in [2.05, 4.69) is 10.2 Å². The number of nitrogens with one attached hydrogen (secondary N) is 1. The van der Waals surface area contributed by atoms with Gasteiger partial charge in [-0.1, -0.05) is 0 Å². The molecule has 0 atom stereocenters. The van der Waals surface area contributed by atoms with E-state index in [0.29, 0.717) is 60.3 Å². The van der Waals surface area contributed by atoms with E-state index >= 15 is 0 Å². The monoisotopic (exact) mass is 482 g/mol. The summed E-state index contributed by atoms with van der Waals surface area (Å²) in [4.78, 5) is 26.9. The number of carbonyl (C=O) groups is 1. The maximum Gasteiger partial charge on any atom is 0.271 e. The number of pyridine rings is 1. The minimum Gasteiger partial charge on any atom is -0.493 e. The Morgan fingerprint density at radius 1 is 1.00 bits per heavy atom. The number of methoxy groups -OCH3 is 3. The molecule has 2 aromatic heterocycles. The number of piperidine rings is 1. The molecule has 1 N–H and O–H groups in total. The van der Waals surface area contributed by atoms with Crippen molar-refractivity contribution < 1.29 is 23.7 Å². The van der Waals surface area contributed by atoms with Gasteiger partial charge in [-0.3, -0.25) is 14.7 Å². The Hall–Kier alpha value is -3.95. The summed E-state index contributed by atoms with van der Waals surface area (Å²) in [6.07, 6.45) is 1.30. The first kappa shape index (κ1) is 24.2. The highest BCUT2D eigenvalue weighted by atomic mass is 16.5. The molecular weight excluding hydrogens is 452 g/mol. The second-order valence-corrected chi connectivity index (χ2v) is 8.42. The number of aryl methyl sites for hydroxylation is 1. The molecule has 186 valence electrons. The largest absolute Gasteiger partial charge is 0.493 e. The molecule has 35 heavy (non-hydrogen) atoms. The fraction of sp³-hybridized carbons (Fsp3) is 0.400. The van der Waals surface area contributed by atoms with Crippen molar-refractivity contribution in [2.24, 2.45) is 7.05 Å². The second kappa shape index (κ2) is 10.1. The summed E-state index contributed by atoms with van der Waals surface area (Å²) < 4.78 is 23.8. The number of aromatic amines is 1. The van der Waals surface area contributed by atoms with Crippen LogP contribution in [0.15, 0.2) is 35.1 Å². The number of amides is 1. The molecule has 3 aromatic rings. The fourth-order valence-corrected chi connectivity index (χ4v) is 4.15. The molecule has 1 aliphatic heterocycles. The van der Waals surface area contributed by atoms with Crippen LogP contribution < -0.4 is 24.5 Å². The molecule has 0 aliphatic carbocycles. The number of nitrogens with zero attached hydrogens (tertiary/aromatic N) is 3. The standard InChI is InChI=1S/C25H30N4O6/c1-15-10-18(13-23(30)28(15)2)35-17-6-8-29(9-7-17)25(31)20-14-19(26-27-20)16-11-21(32-3)24(34-5)22(12-16)33-4/h10-14,17H,6-9H2,1-5H3,(H,26,27). The average Bonchev–Trinajstić information content (AvgIpc) is 3.36. The molecule has 1 saturated heterocycles. The van der Waals surface area contributed by atoms with Gasteiger partial charge in [-0.05, 0) is 31.2 Å². The van der Waals surface area contributed by atoms with Crippen molar-refractivity contribution in [2.75, 3.05) is 34.4 Å².